The fraction of sp³-hybridized carbons (Fsp3) is 0.500. The normalized spacial score (nSPS) is 19.9. The lowest BCUT2D eigenvalue weighted by molar-refractivity contribution is 0.199. The lowest BCUT2D eigenvalue weighted by Crippen LogP contribution is -2.34. The van der Waals surface area contributed by atoms with Crippen molar-refractivity contribution in [2.24, 2.45) is 0 Å². The van der Waals surface area contributed by atoms with Crippen LogP contribution in [0.4, 0.5) is 0 Å². The Morgan fingerprint density at radius 2 is 1.82 bits per heavy atom. The van der Waals surface area contributed by atoms with Gasteiger partial charge in [0.2, 0.25) is 10.0 Å². The lowest BCUT2D eigenvalue weighted by Gasteiger charge is -2.12. The van der Waals surface area contributed by atoms with Crippen molar-refractivity contribution >= 4 is 10.0 Å². The number of nitrogens with one attached hydrogen (secondary N) is 1. The zero-order chi connectivity index (χ0) is 12.7. The first-order valence-electron chi connectivity index (χ1n) is 5.64. The van der Waals surface area contributed by atoms with E-state index in [0.717, 1.165) is 12.8 Å². The summed E-state index contributed by atoms with van der Waals surface area (Å²) >= 11 is 0. The topological polar surface area (TPSA) is 66.4 Å². The van der Waals surface area contributed by atoms with E-state index >= 15 is 0 Å². The summed E-state index contributed by atoms with van der Waals surface area (Å²) in [5.41, 5.74) is 0.448. The standard InChI is InChI=1S/C12H17NO3S/c1-9(14)10-3-5-11(6-4-10)17(15,16)13-12(2)7-8-12/h3-6,9,13-14H,7-8H2,1-2H3. The average Bonchev–Trinajstić information content (AvgIpc) is 2.95. The van der Waals surface area contributed by atoms with Gasteiger partial charge in [0, 0.05) is 5.54 Å². The van der Waals surface area contributed by atoms with Crippen LogP contribution in [0, 0.1) is 0 Å². The van der Waals surface area contributed by atoms with Crippen LogP contribution in [0.1, 0.15) is 38.4 Å². The van der Waals surface area contributed by atoms with Crippen molar-refractivity contribution in [2.75, 3.05) is 0 Å². The molecule has 17 heavy (non-hydrogen) atoms. The molecule has 1 saturated carbocycles. The summed E-state index contributed by atoms with van der Waals surface area (Å²) in [7, 11) is -3.43. The van der Waals surface area contributed by atoms with Crippen LogP contribution >= 0.6 is 0 Å². The summed E-state index contributed by atoms with van der Waals surface area (Å²) in [6.07, 6.45) is 1.19. The summed E-state index contributed by atoms with van der Waals surface area (Å²) in [5.74, 6) is 0. The Balaban J connectivity index is 2.21. The Bertz CT molecular complexity index is 501. The largest absolute Gasteiger partial charge is 0.389 e. The summed E-state index contributed by atoms with van der Waals surface area (Å²) < 4.78 is 26.7. The molecule has 0 aliphatic heterocycles. The van der Waals surface area contributed by atoms with Gasteiger partial charge in [0.1, 0.15) is 0 Å². The van der Waals surface area contributed by atoms with Crippen LogP contribution < -0.4 is 4.72 Å². The first-order valence-corrected chi connectivity index (χ1v) is 7.13. The van der Waals surface area contributed by atoms with Crippen molar-refractivity contribution in [1.82, 2.24) is 4.72 Å². The molecule has 1 unspecified atom stereocenters. The zero-order valence-electron chi connectivity index (χ0n) is 9.97. The van der Waals surface area contributed by atoms with Gasteiger partial charge < -0.3 is 5.11 Å². The monoisotopic (exact) mass is 255 g/mol. The molecule has 0 bridgehead atoms. The highest BCUT2D eigenvalue weighted by Gasteiger charge is 2.41. The number of aliphatic hydroxyl groups is 1. The molecule has 1 fully saturated rings. The molecule has 2 N–H and O–H groups in total. The molecule has 1 aromatic rings. The maximum atomic E-state index is 12.0. The first kappa shape index (κ1) is 12.5. The molecule has 0 saturated heterocycles. The number of aliphatic hydroxyl groups excluding tert-OH is 1. The molecule has 1 aliphatic carbocycles. The van der Waals surface area contributed by atoms with Crippen LogP contribution in [-0.2, 0) is 10.0 Å². The van der Waals surface area contributed by atoms with Gasteiger partial charge in [0.15, 0.2) is 0 Å². The molecule has 0 radical (unpaired) electrons. The van der Waals surface area contributed by atoms with Crippen molar-refractivity contribution in [3.05, 3.63) is 29.8 Å². The van der Waals surface area contributed by atoms with Gasteiger partial charge in [0.25, 0.3) is 0 Å². The Morgan fingerprint density at radius 3 is 2.24 bits per heavy atom. The van der Waals surface area contributed by atoms with Crippen LogP contribution in [0.25, 0.3) is 0 Å². The van der Waals surface area contributed by atoms with E-state index in [0.29, 0.717) is 5.56 Å². The molecular weight excluding hydrogens is 238 g/mol. The second-order valence-corrected chi connectivity index (χ2v) is 6.59. The molecule has 0 heterocycles. The predicted octanol–water partition coefficient (Wildman–Crippen LogP) is 1.57. The van der Waals surface area contributed by atoms with Crippen molar-refractivity contribution in [2.45, 2.75) is 43.2 Å². The van der Waals surface area contributed by atoms with Gasteiger partial charge in [0.05, 0.1) is 11.0 Å². The first-order chi connectivity index (χ1) is 7.82. The number of hydrogen-bond donors (Lipinski definition) is 2. The summed E-state index contributed by atoms with van der Waals surface area (Å²) in [4.78, 5) is 0.245. The molecule has 1 atom stereocenters. The average molecular weight is 255 g/mol. The van der Waals surface area contributed by atoms with Crippen molar-refractivity contribution in [1.29, 1.82) is 0 Å². The molecule has 94 valence electrons. The van der Waals surface area contributed by atoms with Crippen LogP contribution in [0.3, 0.4) is 0 Å². The Hall–Kier alpha value is -0.910. The minimum atomic E-state index is -3.43. The molecule has 0 aromatic heterocycles. The fourth-order valence-corrected chi connectivity index (χ4v) is 3.06. The molecule has 0 amide bonds. The van der Waals surface area contributed by atoms with Crippen molar-refractivity contribution in [3.8, 4) is 0 Å². The molecular formula is C12H17NO3S. The zero-order valence-corrected chi connectivity index (χ0v) is 10.8. The van der Waals surface area contributed by atoms with E-state index in [-0.39, 0.29) is 10.4 Å². The van der Waals surface area contributed by atoms with Crippen LogP contribution in [0.15, 0.2) is 29.2 Å². The molecule has 5 heteroatoms. The van der Waals surface area contributed by atoms with Gasteiger partial charge in [-0.05, 0) is 44.4 Å². The second-order valence-electron chi connectivity index (χ2n) is 4.91. The van der Waals surface area contributed by atoms with E-state index in [1.165, 1.54) is 12.1 Å². The van der Waals surface area contributed by atoms with Gasteiger partial charge in [-0.15, -0.1) is 0 Å². The van der Waals surface area contributed by atoms with Crippen molar-refractivity contribution < 1.29 is 13.5 Å². The smallest absolute Gasteiger partial charge is 0.241 e. The fourth-order valence-electron chi connectivity index (χ4n) is 1.60. The van der Waals surface area contributed by atoms with Gasteiger partial charge in [-0.2, -0.15) is 0 Å². The van der Waals surface area contributed by atoms with E-state index in [4.69, 9.17) is 0 Å². The third-order valence-corrected chi connectivity index (χ3v) is 4.71. The summed E-state index contributed by atoms with van der Waals surface area (Å²) in [6, 6.07) is 6.31. The second kappa shape index (κ2) is 4.08. The molecule has 1 aliphatic rings. The van der Waals surface area contributed by atoms with Gasteiger partial charge in [-0.3, -0.25) is 0 Å². The number of rotatable bonds is 4. The minimum absolute atomic E-state index is 0.245. The lowest BCUT2D eigenvalue weighted by atomic mass is 10.1. The number of benzene rings is 1. The van der Waals surface area contributed by atoms with Gasteiger partial charge >= 0.3 is 0 Å². The predicted molar refractivity (Wildman–Crippen MR) is 65.0 cm³/mol. The van der Waals surface area contributed by atoms with Gasteiger partial charge in [-0.25, -0.2) is 13.1 Å². The van der Waals surface area contributed by atoms with E-state index in [1.807, 2.05) is 6.92 Å². The summed E-state index contributed by atoms with van der Waals surface area (Å²) in [6.45, 7) is 3.54. The molecule has 1 aromatic carbocycles. The van der Waals surface area contributed by atoms with Crippen molar-refractivity contribution in [3.63, 3.8) is 0 Å². The molecule has 4 nitrogen and oxygen atoms in total. The van der Waals surface area contributed by atoms with E-state index < -0.39 is 16.1 Å². The summed E-state index contributed by atoms with van der Waals surface area (Å²) in [5, 5.41) is 9.35. The highest BCUT2D eigenvalue weighted by Crippen LogP contribution is 2.35. The maximum absolute atomic E-state index is 12.0. The number of hydrogen-bond acceptors (Lipinski definition) is 3. The van der Waals surface area contributed by atoms with Crippen LogP contribution in [-0.4, -0.2) is 19.1 Å². The van der Waals surface area contributed by atoms with Crippen LogP contribution in [0.2, 0.25) is 0 Å². The maximum Gasteiger partial charge on any atom is 0.241 e. The third kappa shape index (κ3) is 2.86. The Kier molecular flexibility index (Phi) is 3.01. The quantitative estimate of drug-likeness (QED) is 0.858. The van der Waals surface area contributed by atoms with Gasteiger partial charge in [-0.1, -0.05) is 12.1 Å². The third-order valence-electron chi connectivity index (χ3n) is 3.05. The SMILES string of the molecule is CC(O)c1ccc(S(=O)(=O)NC2(C)CC2)cc1. The van der Waals surface area contributed by atoms with E-state index in [1.54, 1.807) is 19.1 Å². The highest BCUT2D eigenvalue weighted by atomic mass is 32.2. The Labute approximate surface area is 102 Å². The van der Waals surface area contributed by atoms with E-state index in [9.17, 15) is 13.5 Å². The highest BCUT2D eigenvalue weighted by molar-refractivity contribution is 7.89. The van der Waals surface area contributed by atoms with E-state index in [2.05, 4.69) is 4.72 Å². The molecule has 0 spiro atoms. The minimum Gasteiger partial charge on any atom is -0.389 e. The number of sulfonamides is 1. The Morgan fingerprint density at radius 1 is 1.29 bits per heavy atom. The van der Waals surface area contributed by atoms with Crippen LogP contribution in [0.5, 0.6) is 0 Å². The molecule has 2 rings (SSSR count).